The molecule has 1 rings (SSSR count). The van der Waals surface area contributed by atoms with Crippen molar-refractivity contribution in [1.29, 1.82) is 0 Å². The van der Waals surface area contributed by atoms with Crippen LogP contribution in [-0.2, 0) is 21.3 Å². The predicted octanol–water partition coefficient (Wildman–Crippen LogP) is 1.04. The zero-order chi connectivity index (χ0) is 12.2. The Balaban J connectivity index is 2.63. The zero-order valence-electron chi connectivity index (χ0n) is 8.71. The van der Waals surface area contributed by atoms with Gasteiger partial charge in [-0.2, -0.15) is 8.42 Å². The van der Waals surface area contributed by atoms with E-state index in [1.54, 1.807) is 24.3 Å². The van der Waals surface area contributed by atoms with Gasteiger partial charge in [0, 0.05) is 0 Å². The standard InChI is InChI=1S/C10H12O5S/c1-2-8-3-5-9(6-4-8)15-10(11)7-16(12,13)14/h3-6H,2,7H2,1H3,(H,12,13,14). The van der Waals surface area contributed by atoms with Gasteiger partial charge in [0.05, 0.1) is 0 Å². The first-order chi connectivity index (χ1) is 7.40. The van der Waals surface area contributed by atoms with E-state index in [0.29, 0.717) is 0 Å². The number of carbonyl (C=O) groups is 1. The maximum absolute atomic E-state index is 11.0. The molecule has 0 heterocycles. The summed E-state index contributed by atoms with van der Waals surface area (Å²) in [5.41, 5.74) is 1.08. The van der Waals surface area contributed by atoms with E-state index in [9.17, 15) is 13.2 Å². The third-order valence-electron chi connectivity index (χ3n) is 1.86. The molecule has 0 radical (unpaired) electrons. The molecule has 0 fully saturated rings. The maximum Gasteiger partial charge on any atom is 0.329 e. The first-order valence-corrected chi connectivity index (χ1v) is 6.26. The molecule has 0 atom stereocenters. The largest absolute Gasteiger partial charge is 0.426 e. The molecule has 16 heavy (non-hydrogen) atoms. The van der Waals surface area contributed by atoms with Gasteiger partial charge < -0.3 is 4.74 Å². The number of esters is 1. The Hall–Kier alpha value is -1.40. The summed E-state index contributed by atoms with van der Waals surface area (Å²) < 4.78 is 33.9. The fourth-order valence-electron chi connectivity index (χ4n) is 1.10. The Kier molecular flexibility index (Phi) is 4.03. The van der Waals surface area contributed by atoms with Gasteiger partial charge in [0.2, 0.25) is 0 Å². The van der Waals surface area contributed by atoms with Crippen LogP contribution in [0.25, 0.3) is 0 Å². The highest BCUT2D eigenvalue weighted by Crippen LogP contribution is 2.12. The van der Waals surface area contributed by atoms with Gasteiger partial charge in [-0.15, -0.1) is 0 Å². The molecular formula is C10H12O5S. The third kappa shape index (κ3) is 4.41. The van der Waals surface area contributed by atoms with E-state index in [1.165, 1.54) is 0 Å². The minimum Gasteiger partial charge on any atom is -0.426 e. The van der Waals surface area contributed by atoms with Crippen molar-refractivity contribution in [2.45, 2.75) is 13.3 Å². The topological polar surface area (TPSA) is 80.7 Å². The van der Waals surface area contributed by atoms with Gasteiger partial charge in [0.25, 0.3) is 10.1 Å². The van der Waals surface area contributed by atoms with Gasteiger partial charge in [-0.25, -0.2) is 0 Å². The molecule has 0 aliphatic carbocycles. The summed E-state index contributed by atoms with van der Waals surface area (Å²) in [5, 5.41) is 0. The lowest BCUT2D eigenvalue weighted by molar-refractivity contribution is -0.131. The van der Waals surface area contributed by atoms with E-state index in [2.05, 4.69) is 0 Å². The fraction of sp³-hybridized carbons (Fsp3) is 0.300. The lowest BCUT2D eigenvalue weighted by Gasteiger charge is -2.03. The molecule has 1 aromatic carbocycles. The normalized spacial score (nSPS) is 11.1. The molecule has 0 saturated heterocycles. The van der Waals surface area contributed by atoms with Crippen molar-refractivity contribution in [3.8, 4) is 5.75 Å². The van der Waals surface area contributed by atoms with Crippen LogP contribution in [-0.4, -0.2) is 24.7 Å². The highest BCUT2D eigenvalue weighted by atomic mass is 32.2. The number of rotatable bonds is 4. The second-order valence-corrected chi connectivity index (χ2v) is 4.65. The molecule has 6 heteroatoms. The molecule has 88 valence electrons. The van der Waals surface area contributed by atoms with Crippen LogP contribution in [0, 0.1) is 0 Å². The van der Waals surface area contributed by atoms with Crippen LogP contribution in [0.3, 0.4) is 0 Å². The monoisotopic (exact) mass is 244 g/mol. The van der Waals surface area contributed by atoms with E-state index in [0.717, 1.165) is 12.0 Å². The molecule has 0 aliphatic rings. The number of carbonyl (C=O) groups excluding carboxylic acids is 1. The number of benzene rings is 1. The van der Waals surface area contributed by atoms with Crippen molar-refractivity contribution in [2.75, 3.05) is 5.75 Å². The van der Waals surface area contributed by atoms with Crippen LogP contribution in [0.1, 0.15) is 12.5 Å². The second kappa shape index (κ2) is 5.09. The van der Waals surface area contributed by atoms with Crippen LogP contribution in [0.4, 0.5) is 0 Å². The van der Waals surface area contributed by atoms with Crippen LogP contribution < -0.4 is 4.74 Å². The Morgan fingerprint density at radius 3 is 2.31 bits per heavy atom. The summed E-state index contributed by atoms with van der Waals surface area (Å²) in [6.07, 6.45) is 0.860. The summed E-state index contributed by atoms with van der Waals surface area (Å²) >= 11 is 0. The lowest BCUT2D eigenvalue weighted by Crippen LogP contribution is -2.20. The first-order valence-electron chi connectivity index (χ1n) is 4.65. The second-order valence-electron chi connectivity index (χ2n) is 3.20. The van der Waals surface area contributed by atoms with Gasteiger partial charge in [0.1, 0.15) is 5.75 Å². The average molecular weight is 244 g/mol. The third-order valence-corrected chi connectivity index (χ3v) is 2.46. The first kappa shape index (κ1) is 12.7. The van der Waals surface area contributed by atoms with E-state index in [-0.39, 0.29) is 5.75 Å². The molecular weight excluding hydrogens is 232 g/mol. The van der Waals surface area contributed by atoms with Crippen molar-refractivity contribution in [3.05, 3.63) is 29.8 Å². The quantitative estimate of drug-likeness (QED) is 0.486. The highest BCUT2D eigenvalue weighted by molar-refractivity contribution is 7.86. The molecule has 0 aromatic heterocycles. The molecule has 1 aromatic rings. The number of ether oxygens (including phenoxy) is 1. The van der Waals surface area contributed by atoms with Crippen LogP contribution in [0.2, 0.25) is 0 Å². The van der Waals surface area contributed by atoms with Gasteiger partial charge in [-0.1, -0.05) is 19.1 Å². The van der Waals surface area contributed by atoms with Gasteiger partial charge in [-0.05, 0) is 24.1 Å². The SMILES string of the molecule is CCc1ccc(OC(=O)CS(=O)(=O)O)cc1. The van der Waals surface area contributed by atoms with E-state index in [1.807, 2.05) is 6.92 Å². The van der Waals surface area contributed by atoms with Crippen molar-refractivity contribution in [2.24, 2.45) is 0 Å². The molecule has 0 unspecified atom stereocenters. The van der Waals surface area contributed by atoms with Gasteiger partial charge >= 0.3 is 5.97 Å². The van der Waals surface area contributed by atoms with Crippen molar-refractivity contribution >= 4 is 16.1 Å². The molecule has 1 N–H and O–H groups in total. The summed E-state index contributed by atoms with van der Waals surface area (Å²) in [6, 6.07) is 6.69. The summed E-state index contributed by atoms with van der Waals surface area (Å²) in [5.74, 6) is -1.79. The van der Waals surface area contributed by atoms with Crippen molar-refractivity contribution in [1.82, 2.24) is 0 Å². The minimum absolute atomic E-state index is 0.255. The number of hydrogen-bond donors (Lipinski definition) is 1. The lowest BCUT2D eigenvalue weighted by atomic mass is 10.2. The molecule has 0 aliphatic heterocycles. The fourth-order valence-corrected chi connectivity index (χ4v) is 1.46. The summed E-state index contributed by atoms with van der Waals surface area (Å²) in [6.45, 7) is 1.99. The summed E-state index contributed by atoms with van der Waals surface area (Å²) in [4.78, 5) is 11.0. The number of aryl methyl sites for hydroxylation is 1. The van der Waals surface area contributed by atoms with Crippen molar-refractivity contribution in [3.63, 3.8) is 0 Å². The van der Waals surface area contributed by atoms with Crippen molar-refractivity contribution < 1.29 is 22.5 Å². The number of hydrogen-bond acceptors (Lipinski definition) is 4. The Labute approximate surface area is 93.8 Å². The Morgan fingerprint density at radius 2 is 1.88 bits per heavy atom. The average Bonchev–Trinajstić information content (AvgIpc) is 2.16. The highest BCUT2D eigenvalue weighted by Gasteiger charge is 2.14. The molecule has 0 saturated carbocycles. The minimum atomic E-state index is -4.33. The van der Waals surface area contributed by atoms with E-state index >= 15 is 0 Å². The molecule has 0 bridgehead atoms. The van der Waals surface area contributed by atoms with Crippen LogP contribution in [0.15, 0.2) is 24.3 Å². The molecule has 5 nitrogen and oxygen atoms in total. The predicted molar refractivity (Wildman–Crippen MR) is 57.9 cm³/mol. The smallest absolute Gasteiger partial charge is 0.329 e. The van der Waals surface area contributed by atoms with E-state index in [4.69, 9.17) is 9.29 Å². The molecule has 0 spiro atoms. The molecule has 0 amide bonds. The summed E-state index contributed by atoms with van der Waals surface area (Å²) in [7, 11) is -4.33. The van der Waals surface area contributed by atoms with Crippen LogP contribution in [0.5, 0.6) is 5.75 Å². The van der Waals surface area contributed by atoms with Gasteiger partial charge in [0.15, 0.2) is 5.75 Å². The Morgan fingerprint density at radius 1 is 1.31 bits per heavy atom. The zero-order valence-corrected chi connectivity index (χ0v) is 9.53. The van der Waals surface area contributed by atoms with Gasteiger partial charge in [-0.3, -0.25) is 9.35 Å². The van der Waals surface area contributed by atoms with E-state index < -0.39 is 21.8 Å². The Bertz CT molecular complexity index is 460. The van der Waals surface area contributed by atoms with Crippen LogP contribution >= 0.6 is 0 Å². The maximum atomic E-state index is 11.0.